The van der Waals surface area contributed by atoms with Gasteiger partial charge in [-0.15, -0.1) is 0 Å². The van der Waals surface area contributed by atoms with Crippen LogP contribution in [-0.4, -0.2) is 24.7 Å². The van der Waals surface area contributed by atoms with Gasteiger partial charge >= 0.3 is 6.18 Å². The second-order valence-corrected chi connectivity index (χ2v) is 2.12. The third kappa shape index (κ3) is 1.07. The third-order valence-electron chi connectivity index (χ3n) is 1.29. The Bertz CT molecular complexity index is 129. The monoisotopic (exact) mass is 161 g/mol. The second kappa shape index (κ2) is 1.81. The van der Waals surface area contributed by atoms with Crippen molar-refractivity contribution < 1.29 is 22.0 Å². The molecule has 0 radical (unpaired) electrons. The molecule has 1 aliphatic rings. The lowest BCUT2D eigenvalue weighted by molar-refractivity contribution is -0.247. The fourth-order valence-corrected chi connectivity index (χ4v) is 0.714. The quantitative estimate of drug-likeness (QED) is 0.525. The molecule has 10 heavy (non-hydrogen) atoms. The maximum Gasteiger partial charge on any atom is 0.409 e. The van der Waals surface area contributed by atoms with Crippen molar-refractivity contribution in [1.82, 2.24) is 5.32 Å². The van der Waals surface area contributed by atoms with Crippen LogP contribution in [0.5, 0.6) is 0 Å². The first-order valence-electron chi connectivity index (χ1n) is 2.52. The second-order valence-electron chi connectivity index (χ2n) is 2.12. The van der Waals surface area contributed by atoms with Crippen LogP contribution in [0, 0.1) is 0 Å². The van der Waals surface area contributed by atoms with Crippen LogP contribution in [0.4, 0.5) is 22.0 Å². The van der Waals surface area contributed by atoms with Gasteiger partial charge in [0.05, 0.1) is 6.54 Å². The van der Waals surface area contributed by atoms with Crippen LogP contribution in [0.3, 0.4) is 0 Å². The number of halogens is 5. The van der Waals surface area contributed by atoms with Crippen LogP contribution in [-0.2, 0) is 0 Å². The Morgan fingerprint density at radius 1 is 1.30 bits per heavy atom. The highest BCUT2D eigenvalue weighted by atomic mass is 19.4. The molecular weight excluding hydrogens is 157 g/mol. The maximum atomic E-state index is 11.9. The zero-order valence-electron chi connectivity index (χ0n) is 4.67. The summed E-state index contributed by atoms with van der Waals surface area (Å²) in [7, 11) is 0. The van der Waals surface area contributed by atoms with Crippen LogP contribution in [0.1, 0.15) is 0 Å². The van der Waals surface area contributed by atoms with Gasteiger partial charge in [0.2, 0.25) is 0 Å². The minimum atomic E-state index is -4.83. The molecule has 0 aliphatic carbocycles. The van der Waals surface area contributed by atoms with Gasteiger partial charge in [-0.2, -0.15) is 13.2 Å². The van der Waals surface area contributed by atoms with Gasteiger partial charge < -0.3 is 0 Å². The number of nitrogens with one attached hydrogen (secondary N) is 1. The smallest absolute Gasteiger partial charge is 0.295 e. The van der Waals surface area contributed by atoms with Gasteiger partial charge in [0.25, 0.3) is 5.92 Å². The van der Waals surface area contributed by atoms with E-state index in [1.165, 1.54) is 0 Å². The molecule has 1 rings (SSSR count). The molecule has 1 unspecified atom stereocenters. The van der Waals surface area contributed by atoms with Crippen molar-refractivity contribution in [3.63, 3.8) is 0 Å². The first-order valence-corrected chi connectivity index (χ1v) is 2.52. The van der Waals surface area contributed by atoms with Gasteiger partial charge in [-0.25, -0.2) is 8.78 Å². The van der Waals surface area contributed by atoms with Crippen molar-refractivity contribution in [1.29, 1.82) is 0 Å². The summed E-state index contributed by atoms with van der Waals surface area (Å²) in [6.07, 6.45) is -4.83. The van der Waals surface area contributed by atoms with E-state index in [4.69, 9.17) is 0 Å². The van der Waals surface area contributed by atoms with Crippen LogP contribution in [0.2, 0.25) is 0 Å². The van der Waals surface area contributed by atoms with Gasteiger partial charge in [0.1, 0.15) is 0 Å². The van der Waals surface area contributed by atoms with Crippen molar-refractivity contribution in [2.24, 2.45) is 0 Å². The Kier molecular flexibility index (Phi) is 1.39. The lowest BCUT2D eigenvalue weighted by Gasteiger charge is -2.38. The number of rotatable bonds is 0. The predicted octanol–water partition coefficient (Wildman–Crippen LogP) is 1.16. The fourth-order valence-electron chi connectivity index (χ4n) is 0.714. The molecule has 1 aliphatic heterocycles. The SMILES string of the molecule is FC(F)(F)C1NCC1(F)F. The van der Waals surface area contributed by atoms with Gasteiger partial charge in [0.15, 0.2) is 6.04 Å². The number of hydrogen-bond donors (Lipinski definition) is 1. The average Bonchev–Trinajstić information content (AvgIpc) is 1.58. The minimum Gasteiger partial charge on any atom is -0.295 e. The molecule has 0 aromatic carbocycles. The van der Waals surface area contributed by atoms with E-state index in [1.54, 1.807) is 5.32 Å². The zero-order chi connectivity index (χ0) is 7.99. The highest BCUT2D eigenvalue weighted by molar-refractivity contribution is 4.99. The van der Waals surface area contributed by atoms with E-state index in [2.05, 4.69) is 0 Å². The van der Waals surface area contributed by atoms with Crippen molar-refractivity contribution >= 4 is 0 Å². The van der Waals surface area contributed by atoms with E-state index in [1.807, 2.05) is 0 Å². The fraction of sp³-hybridized carbons (Fsp3) is 1.00. The van der Waals surface area contributed by atoms with E-state index in [0.717, 1.165) is 0 Å². The topological polar surface area (TPSA) is 12.0 Å². The number of hydrogen-bond acceptors (Lipinski definition) is 1. The Hall–Kier alpha value is -0.390. The Morgan fingerprint density at radius 2 is 1.80 bits per heavy atom. The maximum absolute atomic E-state index is 11.9. The highest BCUT2D eigenvalue weighted by Crippen LogP contribution is 2.37. The summed E-state index contributed by atoms with van der Waals surface area (Å²) >= 11 is 0. The van der Waals surface area contributed by atoms with Crippen LogP contribution >= 0.6 is 0 Å². The first kappa shape index (κ1) is 7.71. The Balaban J connectivity index is 2.60. The van der Waals surface area contributed by atoms with E-state index >= 15 is 0 Å². The molecule has 6 heteroatoms. The van der Waals surface area contributed by atoms with Gasteiger partial charge in [-0.3, -0.25) is 5.32 Å². The Morgan fingerprint density at radius 3 is 1.80 bits per heavy atom. The summed E-state index contributed by atoms with van der Waals surface area (Å²) in [6.45, 7) is -0.878. The van der Waals surface area contributed by atoms with Crippen LogP contribution < -0.4 is 5.32 Å². The van der Waals surface area contributed by atoms with Crippen molar-refractivity contribution in [3.8, 4) is 0 Å². The third-order valence-corrected chi connectivity index (χ3v) is 1.29. The largest absolute Gasteiger partial charge is 0.409 e. The minimum absolute atomic E-state index is 0.878. The first-order chi connectivity index (χ1) is 4.34. The van der Waals surface area contributed by atoms with E-state index in [9.17, 15) is 22.0 Å². The predicted molar refractivity (Wildman–Crippen MR) is 22.8 cm³/mol. The molecule has 1 saturated heterocycles. The normalized spacial score (nSPS) is 31.5. The Labute approximate surface area is 53.2 Å². The summed E-state index contributed by atoms with van der Waals surface area (Å²) in [6, 6.07) is -2.64. The molecule has 1 nitrogen and oxygen atoms in total. The van der Waals surface area contributed by atoms with E-state index in [-0.39, 0.29) is 0 Å². The standard InChI is InChI=1S/C4H4F5N/c5-3(6)1-10-2(3)4(7,8)9/h2,10H,1H2. The zero-order valence-corrected chi connectivity index (χ0v) is 4.67. The molecule has 1 heterocycles. The summed E-state index contributed by atoms with van der Waals surface area (Å²) in [4.78, 5) is 0. The van der Waals surface area contributed by atoms with Crippen LogP contribution in [0.15, 0.2) is 0 Å². The van der Waals surface area contributed by atoms with Gasteiger partial charge in [0, 0.05) is 0 Å². The summed E-state index contributed by atoms with van der Waals surface area (Å²) in [5, 5.41) is 1.60. The molecule has 0 aromatic heterocycles. The van der Waals surface area contributed by atoms with Crippen molar-refractivity contribution in [2.75, 3.05) is 6.54 Å². The number of alkyl halides is 5. The van der Waals surface area contributed by atoms with Crippen LogP contribution in [0.25, 0.3) is 0 Å². The molecule has 0 spiro atoms. The molecule has 1 atom stereocenters. The molecule has 0 aromatic rings. The molecule has 60 valence electrons. The van der Waals surface area contributed by atoms with Gasteiger partial charge in [-0.05, 0) is 0 Å². The molecule has 0 bridgehead atoms. The summed E-state index contributed by atoms with van der Waals surface area (Å²) in [5.41, 5.74) is 0. The molecule has 0 amide bonds. The van der Waals surface area contributed by atoms with Crippen molar-refractivity contribution in [3.05, 3.63) is 0 Å². The van der Waals surface area contributed by atoms with E-state index < -0.39 is 24.7 Å². The lowest BCUT2D eigenvalue weighted by atomic mass is 10.0. The van der Waals surface area contributed by atoms with Gasteiger partial charge in [-0.1, -0.05) is 0 Å². The summed E-state index contributed by atoms with van der Waals surface area (Å²) in [5.74, 6) is -3.61. The average molecular weight is 161 g/mol. The molecule has 1 N–H and O–H groups in total. The molecule has 1 fully saturated rings. The highest BCUT2D eigenvalue weighted by Gasteiger charge is 2.61. The molecule has 0 saturated carbocycles. The summed E-state index contributed by atoms with van der Waals surface area (Å²) < 4.78 is 58.2. The lowest BCUT2D eigenvalue weighted by Crippen LogP contribution is -2.68. The molecular formula is C4H4F5N. The van der Waals surface area contributed by atoms with E-state index in [0.29, 0.717) is 0 Å². The van der Waals surface area contributed by atoms with Crippen molar-refractivity contribution in [2.45, 2.75) is 18.1 Å².